The molecule has 2 fully saturated rings. The first-order valence-corrected chi connectivity index (χ1v) is 10.0. The molecule has 3 atom stereocenters. The van der Waals surface area contributed by atoms with Crippen LogP contribution in [0.15, 0.2) is 36.5 Å². The number of carbonyl (C=O) groups is 2. The maximum Gasteiger partial charge on any atom is 0.270 e. The Morgan fingerprint density at radius 3 is 2.50 bits per heavy atom. The predicted octanol–water partition coefficient (Wildman–Crippen LogP) is 2.60. The van der Waals surface area contributed by atoms with Crippen LogP contribution in [0.3, 0.4) is 0 Å². The zero-order valence-corrected chi connectivity index (χ0v) is 16.7. The van der Waals surface area contributed by atoms with Gasteiger partial charge in [0.1, 0.15) is 5.69 Å². The summed E-state index contributed by atoms with van der Waals surface area (Å²) in [5.41, 5.74) is 8.22. The van der Waals surface area contributed by atoms with E-state index in [9.17, 15) is 9.59 Å². The number of likely N-dealkylation sites (tertiary alicyclic amines) is 2. The van der Waals surface area contributed by atoms with Gasteiger partial charge in [-0.2, -0.15) is 0 Å². The fraction of sp³-hybridized carbons (Fsp3) is 0.429. The summed E-state index contributed by atoms with van der Waals surface area (Å²) in [5.74, 6) is 0.567. The Labute approximate surface area is 169 Å². The van der Waals surface area contributed by atoms with Crippen molar-refractivity contribution in [1.82, 2.24) is 14.8 Å². The minimum atomic E-state index is -0.317. The number of amides is 2. The van der Waals surface area contributed by atoms with Crippen molar-refractivity contribution in [1.29, 1.82) is 0 Å². The van der Waals surface area contributed by atoms with Crippen LogP contribution in [0.4, 0.5) is 0 Å². The smallest absolute Gasteiger partial charge is 0.270 e. The van der Waals surface area contributed by atoms with Crippen molar-refractivity contribution in [3.63, 3.8) is 0 Å². The SMILES string of the molecule is Cc1ccc(C(CC(N)=O)N2CC3CN(C(=O)c4ccc[nH]4)CC3C2)cc1Cl. The summed E-state index contributed by atoms with van der Waals surface area (Å²) in [7, 11) is 0. The van der Waals surface area contributed by atoms with E-state index in [0.29, 0.717) is 22.6 Å². The molecule has 3 N–H and O–H groups in total. The van der Waals surface area contributed by atoms with Gasteiger partial charge in [0, 0.05) is 49.9 Å². The van der Waals surface area contributed by atoms with Gasteiger partial charge in [0.25, 0.3) is 5.91 Å². The first kappa shape index (κ1) is 19.0. The second kappa shape index (κ2) is 7.60. The van der Waals surface area contributed by atoms with Gasteiger partial charge < -0.3 is 15.6 Å². The molecule has 3 unspecified atom stereocenters. The van der Waals surface area contributed by atoms with Crippen LogP contribution >= 0.6 is 11.6 Å². The Bertz CT molecular complexity index is 869. The minimum absolute atomic E-state index is 0.0601. The number of nitrogens with two attached hydrogens (primary N) is 1. The van der Waals surface area contributed by atoms with Crippen LogP contribution in [-0.4, -0.2) is 52.8 Å². The molecule has 3 heterocycles. The zero-order valence-electron chi connectivity index (χ0n) is 15.9. The Morgan fingerprint density at radius 1 is 1.21 bits per heavy atom. The van der Waals surface area contributed by atoms with Crippen molar-refractivity contribution in [2.75, 3.05) is 26.2 Å². The van der Waals surface area contributed by atoms with Crippen molar-refractivity contribution in [2.45, 2.75) is 19.4 Å². The molecule has 148 valence electrons. The molecule has 4 rings (SSSR count). The van der Waals surface area contributed by atoms with Gasteiger partial charge in [-0.05, 0) is 48.1 Å². The summed E-state index contributed by atoms with van der Waals surface area (Å²) in [5, 5.41) is 0.703. The number of rotatable bonds is 5. The highest BCUT2D eigenvalue weighted by atomic mass is 35.5. The van der Waals surface area contributed by atoms with E-state index in [0.717, 1.165) is 37.3 Å². The molecule has 2 aliphatic rings. The van der Waals surface area contributed by atoms with Crippen molar-refractivity contribution in [3.05, 3.63) is 58.4 Å². The van der Waals surface area contributed by atoms with Gasteiger partial charge in [0.05, 0.1) is 0 Å². The van der Waals surface area contributed by atoms with Crippen LogP contribution in [0.1, 0.15) is 34.1 Å². The van der Waals surface area contributed by atoms with Crippen molar-refractivity contribution >= 4 is 23.4 Å². The molecule has 2 amide bonds. The summed E-state index contributed by atoms with van der Waals surface area (Å²) in [6.45, 7) is 5.16. The monoisotopic (exact) mass is 400 g/mol. The normalized spacial score (nSPS) is 23.0. The molecule has 0 bridgehead atoms. The van der Waals surface area contributed by atoms with Crippen LogP contribution in [0.5, 0.6) is 0 Å². The highest BCUT2D eigenvalue weighted by Crippen LogP contribution is 2.38. The molecule has 1 aromatic carbocycles. The van der Waals surface area contributed by atoms with Crippen LogP contribution in [-0.2, 0) is 4.79 Å². The highest BCUT2D eigenvalue weighted by molar-refractivity contribution is 6.31. The van der Waals surface area contributed by atoms with E-state index in [2.05, 4.69) is 9.88 Å². The summed E-state index contributed by atoms with van der Waals surface area (Å²) >= 11 is 6.32. The second-order valence-electron chi connectivity index (χ2n) is 7.96. The molecule has 7 heteroatoms. The molecule has 2 aromatic rings. The summed E-state index contributed by atoms with van der Waals surface area (Å²) in [4.78, 5) is 31.6. The predicted molar refractivity (Wildman–Crippen MR) is 108 cm³/mol. The standard InChI is InChI=1S/C21H25ClN4O2/c1-13-4-5-14(7-17(13)22)19(8-20(23)27)25-9-15-11-26(12-16(15)10-25)21(28)18-3-2-6-24-18/h2-7,15-16,19,24H,8-12H2,1H3,(H2,23,27). The lowest BCUT2D eigenvalue weighted by atomic mass is 10.0. The van der Waals surface area contributed by atoms with Crippen LogP contribution in [0, 0.1) is 18.8 Å². The largest absolute Gasteiger partial charge is 0.370 e. The molecule has 0 spiro atoms. The number of primary amides is 1. The van der Waals surface area contributed by atoms with E-state index in [1.165, 1.54) is 0 Å². The second-order valence-corrected chi connectivity index (χ2v) is 8.37. The Kier molecular flexibility index (Phi) is 5.17. The quantitative estimate of drug-likeness (QED) is 0.809. The number of nitrogens with one attached hydrogen (secondary N) is 1. The van der Waals surface area contributed by atoms with E-state index in [-0.39, 0.29) is 24.3 Å². The van der Waals surface area contributed by atoms with Gasteiger partial charge in [0.2, 0.25) is 5.91 Å². The van der Waals surface area contributed by atoms with Gasteiger partial charge in [0.15, 0.2) is 0 Å². The molecule has 0 radical (unpaired) electrons. The molecule has 0 saturated carbocycles. The van der Waals surface area contributed by atoms with Crippen LogP contribution in [0.25, 0.3) is 0 Å². The van der Waals surface area contributed by atoms with Crippen molar-refractivity contribution in [3.8, 4) is 0 Å². The van der Waals surface area contributed by atoms with E-state index in [1.807, 2.05) is 42.2 Å². The minimum Gasteiger partial charge on any atom is -0.370 e. The molecular weight excluding hydrogens is 376 g/mol. The molecule has 1 aromatic heterocycles. The van der Waals surface area contributed by atoms with Crippen molar-refractivity contribution < 1.29 is 9.59 Å². The van der Waals surface area contributed by atoms with Gasteiger partial charge in [-0.15, -0.1) is 0 Å². The number of aryl methyl sites for hydroxylation is 1. The number of nitrogens with zero attached hydrogens (tertiary/aromatic N) is 2. The summed E-state index contributed by atoms with van der Waals surface area (Å²) in [6, 6.07) is 9.54. The molecule has 2 aliphatic heterocycles. The maximum atomic E-state index is 12.6. The highest BCUT2D eigenvalue weighted by Gasteiger charge is 2.44. The lowest BCUT2D eigenvalue weighted by Crippen LogP contribution is -2.36. The van der Waals surface area contributed by atoms with E-state index >= 15 is 0 Å². The molecular formula is C21H25ClN4O2. The first-order valence-electron chi connectivity index (χ1n) is 9.63. The molecule has 2 saturated heterocycles. The van der Waals surface area contributed by atoms with Gasteiger partial charge in [-0.25, -0.2) is 0 Å². The van der Waals surface area contributed by atoms with Crippen LogP contribution in [0.2, 0.25) is 5.02 Å². The van der Waals surface area contributed by atoms with Crippen molar-refractivity contribution in [2.24, 2.45) is 17.6 Å². The third-order valence-corrected chi connectivity index (χ3v) is 6.45. The number of benzene rings is 1. The summed E-state index contributed by atoms with van der Waals surface area (Å²) in [6.07, 6.45) is 2.04. The Balaban J connectivity index is 1.47. The van der Waals surface area contributed by atoms with Gasteiger partial charge in [-0.1, -0.05) is 23.7 Å². The third kappa shape index (κ3) is 3.66. The van der Waals surface area contributed by atoms with Gasteiger partial charge in [-0.3, -0.25) is 14.5 Å². The fourth-order valence-electron chi connectivity index (χ4n) is 4.55. The number of fused-ring (bicyclic) bond motifs is 1. The molecule has 28 heavy (non-hydrogen) atoms. The average molecular weight is 401 g/mol. The topological polar surface area (TPSA) is 82.4 Å². The number of hydrogen-bond acceptors (Lipinski definition) is 3. The number of aromatic nitrogens is 1. The number of aromatic amines is 1. The van der Waals surface area contributed by atoms with Gasteiger partial charge >= 0.3 is 0 Å². The number of carbonyl (C=O) groups excluding carboxylic acids is 2. The van der Waals surface area contributed by atoms with E-state index in [4.69, 9.17) is 17.3 Å². The third-order valence-electron chi connectivity index (χ3n) is 6.05. The van der Waals surface area contributed by atoms with E-state index in [1.54, 1.807) is 6.20 Å². The van der Waals surface area contributed by atoms with E-state index < -0.39 is 0 Å². The zero-order chi connectivity index (χ0) is 19.8. The lowest BCUT2D eigenvalue weighted by Gasteiger charge is -2.29. The average Bonchev–Trinajstić information content (AvgIpc) is 3.37. The number of H-pyrrole nitrogens is 1. The lowest BCUT2D eigenvalue weighted by molar-refractivity contribution is -0.119. The maximum absolute atomic E-state index is 12.6. The first-order chi connectivity index (χ1) is 13.4. The number of halogens is 1. The Morgan fingerprint density at radius 2 is 1.93 bits per heavy atom. The molecule has 6 nitrogen and oxygen atoms in total. The fourth-order valence-corrected chi connectivity index (χ4v) is 4.74. The molecule has 0 aliphatic carbocycles. The Hall–Kier alpha value is -2.31. The summed E-state index contributed by atoms with van der Waals surface area (Å²) < 4.78 is 0. The number of hydrogen-bond donors (Lipinski definition) is 2. The van der Waals surface area contributed by atoms with Crippen LogP contribution < -0.4 is 5.73 Å².